The van der Waals surface area contributed by atoms with Gasteiger partial charge in [0.25, 0.3) is 0 Å². The minimum absolute atomic E-state index is 0.0467. The van der Waals surface area contributed by atoms with E-state index in [2.05, 4.69) is 26.2 Å². The smallest absolute Gasteiger partial charge is 0.142 e. The quantitative estimate of drug-likeness (QED) is 0.871. The van der Waals surface area contributed by atoms with E-state index in [0.29, 0.717) is 6.42 Å². The van der Waals surface area contributed by atoms with Crippen LogP contribution in [0.4, 0.5) is 0 Å². The van der Waals surface area contributed by atoms with Crippen LogP contribution >= 0.6 is 15.9 Å². The summed E-state index contributed by atoms with van der Waals surface area (Å²) in [6.45, 7) is 5.62. The highest BCUT2D eigenvalue weighted by atomic mass is 79.9. The number of nitrogens with zero attached hydrogens (tertiary/aromatic N) is 1. The first-order valence-electron chi connectivity index (χ1n) is 5.47. The van der Waals surface area contributed by atoms with E-state index in [1.165, 1.54) is 0 Å². The summed E-state index contributed by atoms with van der Waals surface area (Å²) in [7, 11) is 0. The molecule has 4 heteroatoms. The second-order valence-corrected chi connectivity index (χ2v) is 4.74. The molecule has 0 aliphatic rings. The molecule has 3 nitrogen and oxygen atoms in total. The third-order valence-electron chi connectivity index (χ3n) is 2.39. The molecule has 0 spiro atoms. The highest BCUT2D eigenvalue weighted by molar-refractivity contribution is 9.10. The van der Waals surface area contributed by atoms with Crippen molar-refractivity contribution in [2.24, 2.45) is 5.92 Å². The first-order valence-corrected chi connectivity index (χ1v) is 6.26. The zero-order valence-electron chi connectivity index (χ0n) is 9.66. The van der Waals surface area contributed by atoms with Gasteiger partial charge in [-0.05, 0) is 34.6 Å². The molecule has 0 aliphatic heterocycles. The number of hydrogen-bond acceptors (Lipinski definition) is 3. The van der Waals surface area contributed by atoms with Gasteiger partial charge >= 0.3 is 0 Å². The Morgan fingerprint density at radius 1 is 1.56 bits per heavy atom. The molecule has 0 aromatic carbocycles. The Morgan fingerprint density at radius 3 is 2.88 bits per heavy atom. The summed E-state index contributed by atoms with van der Waals surface area (Å²) in [5, 5.41) is 3.18. The van der Waals surface area contributed by atoms with Crippen LogP contribution in [0.5, 0.6) is 0 Å². The van der Waals surface area contributed by atoms with E-state index in [0.717, 1.165) is 23.3 Å². The van der Waals surface area contributed by atoms with Crippen molar-refractivity contribution < 1.29 is 4.79 Å². The Morgan fingerprint density at radius 2 is 2.31 bits per heavy atom. The third kappa shape index (κ3) is 4.41. The zero-order valence-corrected chi connectivity index (χ0v) is 11.3. The summed E-state index contributed by atoms with van der Waals surface area (Å²) >= 11 is 3.32. The average molecular weight is 285 g/mol. The molecule has 1 heterocycles. The van der Waals surface area contributed by atoms with Crippen LogP contribution in [-0.4, -0.2) is 23.9 Å². The molecule has 0 fully saturated rings. The van der Waals surface area contributed by atoms with Crippen molar-refractivity contribution in [3.8, 4) is 0 Å². The predicted molar refractivity (Wildman–Crippen MR) is 68.4 cm³/mol. The van der Waals surface area contributed by atoms with Crippen molar-refractivity contribution in [2.45, 2.75) is 20.3 Å². The van der Waals surface area contributed by atoms with Gasteiger partial charge in [-0.1, -0.05) is 13.8 Å². The third-order valence-corrected chi connectivity index (χ3v) is 2.86. The average Bonchev–Trinajstić information content (AvgIpc) is 2.29. The molecule has 1 atom stereocenters. The van der Waals surface area contributed by atoms with E-state index >= 15 is 0 Å². The van der Waals surface area contributed by atoms with Gasteiger partial charge in [0, 0.05) is 35.2 Å². The van der Waals surface area contributed by atoms with Crippen LogP contribution in [0.3, 0.4) is 0 Å². The van der Waals surface area contributed by atoms with E-state index in [1.807, 2.05) is 26.0 Å². The number of Topliss-reactive ketones (excluding diaryl/α,β-unsaturated/α-hetero) is 1. The van der Waals surface area contributed by atoms with Crippen molar-refractivity contribution in [3.63, 3.8) is 0 Å². The molecule has 0 saturated heterocycles. The lowest BCUT2D eigenvalue weighted by molar-refractivity contribution is -0.121. The SMILES string of the molecule is CCNCC(C)C(=O)Cc1ccc(Br)cn1. The lowest BCUT2D eigenvalue weighted by atomic mass is 10.0. The number of hydrogen-bond donors (Lipinski definition) is 1. The summed E-state index contributed by atoms with van der Waals surface area (Å²) in [6.07, 6.45) is 2.14. The van der Waals surface area contributed by atoms with Gasteiger partial charge in [0.1, 0.15) is 5.78 Å². The maximum absolute atomic E-state index is 11.8. The Bertz CT molecular complexity index is 337. The summed E-state index contributed by atoms with van der Waals surface area (Å²) in [6, 6.07) is 3.78. The number of ketones is 1. The largest absolute Gasteiger partial charge is 0.316 e. The minimum atomic E-state index is 0.0467. The van der Waals surface area contributed by atoms with E-state index in [-0.39, 0.29) is 11.7 Å². The summed E-state index contributed by atoms with van der Waals surface area (Å²) in [4.78, 5) is 16.0. The van der Waals surface area contributed by atoms with E-state index in [9.17, 15) is 4.79 Å². The molecule has 88 valence electrons. The highest BCUT2D eigenvalue weighted by Gasteiger charge is 2.13. The van der Waals surface area contributed by atoms with Gasteiger partial charge in [-0.15, -0.1) is 0 Å². The van der Waals surface area contributed by atoms with Gasteiger partial charge in [0.2, 0.25) is 0 Å². The predicted octanol–water partition coefficient (Wildman–Crippen LogP) is 2.20. The number of carbonyl (C=O) groups excluding carboxylic acids is 1. The van der Waals surface area contributed by atoms with Crippen molar-refractivity contribution in [3.05, 3.63) is 28.5 Å². The monoisotopic (exact) mass is 284 g/mol. The van der Waals surface area contributed by atoms with Crippen molar-refractivity contribution in [1.82, 2.24) is 10.3 Å². The van der Waals surface area contributed by atoms with Gasteiger partial charge in [0.15, 0.2) is 0 Å². The first-order chi connectivity index (χ1) is 7.63. The molecule has 16 heavy (non-hydrogen) atoms. The van der Waals surface area contributed by atoms with Gasteiger partial charge in [-0.2, -0.15) is 0 Å². The van der Waals surface area contributed by atoms with Gasteiger partial charge < -0.3 is 5.32 Å². The number of halogens is 1. The Hall–Kier alpha value is -0.740. The second kappa shape index (κ2) is 6.76. The number of pyridine rings is 1. The van der Waals surface area contributed by atoms with Gasteiger partial charge in [0.05, 0.1) is 0 Å². The standard InChI is InChI=1S/C12H17BrN2O/c1-3-14-7-9(2)12(16)6-11-5-4-10(13)8-15-11/h4-5,8-9,14H,3,6-7H2,1-2H3. The highest BCUT2D eigenvalue weighted by Crippen LogP contribution is 2.09. The van der Waals surface area contributed by atoms with E-state index in [4.69, 9.17) is 0 Å². The molecule has 1 unspecified atom stereocenters. The second-order valence-electron chi connectivity index (χ2n) is 3.82. The lowest BCUT2D eigenvalue weighted by Gasteiger charge is -2.10. The van der Waals surface area contributed by atoms with Crippen LogP contribution in [0, 0.1) is 5.92 Å². The molecule has 1 aromatic rings. The topological polar surface area (TPSA) is 42.0 Å². The fraction of sp³-hybridized carbons (Fsp3) is 0.500. The Kier molecular flexibility index (Phi) is 5.63. The Balaban J connectivity index is 2.47. The maximum Gasteiger partial charge on any atom is 0.142 e. The zero-order chi connectivity index (χ0) is 12.0. The Labute approximate surface area is 105 Å². The van der Waals surface area contributed by atoms with Crippen molar-refractivity contribution in [2.75, 3.05) is 13.1 Å². The van der Waals surface area contributed by atoms with Crippen LogP contribution < -0.4 is 5.32 Å². The van der Waals surface area contributed by atoms with E-state index < -0.39 is 0 Å². The molecule has 1 rings (SSSR count). The van der Waals surface area contributed by atoms with Crippen molar-refractivity contribution in [1.29, 1.82) is 0 Å². The number of rotatable bonds is 6. The molecule has 0 radical (unpaired) electrons. The van der Waals surface area contributed by atoms with Crippen LogP contribution in [0.25, 0.3) is 0 Å². The van der Waals surface area contributed by atoms with Crippen LogP contribution in [0.15, 0.2) is 22.8 Å². The minimum Gasteiger partial charge on any atom is -0.316 e. The first kappa shape index (κ1) is 13.3. The molecule has 0 bridgehead atoms. The molecule has 1 N–H and O–H groups in total. The maximum atomic E-state index is 11.8. The summed E-state index contributed by atoms with van der Waals surface area (Å²) in [5.74, 6) is 0.279. The molecule has 0 aliphatic carbocycles. The van der Waals surface area contributed by atoms with Gasteiger partial charge in [-0.3, -0.25) is 9.78 Å². The lowest BCUT2D eigenvalue weighted by Crippen LogP contribution is -2.27. The summed E-state index contributed by atoms with van der Waals surface area (Å²) in [5.41, 5.74) is 0.830. The van der Waals surface area contributed by atoms with Gasteiger partial charge in [-0.25, -0.2) is 0 Å². The molecule has 0 saturated carbocycles. The van der Waals surface area contributed by atoms with Crippen molar-refractivity contribution >= 4 is 21.7 Å². The molecule has 1 aromatic heterocycles. The molecular weight excluding hydrogens is 268 g/mol. The number of carbonyl (C=O) groups is 1. The van der Waals surface area contributed by atoms with Crippen LogP contribution in [0.2, 0.25) is 0 Å². The normalized spacial score (nSPS) is 12.4. The summed E-state index contributed by atoms with van der Waals surface area (Å²) < 4.78 is 0.935. The molecular formula is C12H17BrN2O. The molecule has 0 amide bonds. The van der Waals surface area contributed by atoms with Crippen LogP contribution in [-0.2, 0) is 11.2 Å². The fourth-order valence-electron chi connectivity index (χ4n) is 1.34. The number of aromatic nitrogens is 1. The van der Waals surface area contributed by atoms with Crippen LogP contribution in [0.1, 0.15) is 19.5 Å². The van der Waals surface area contributed by atoms with E-state index in [1.54, 1.807) is 6.20 Å². The number of nitrogens with one attached hydrogen (secondary N) is 1. The fourth-order valence-corrected chi connectivity index (χ4v) is 1.57.